The molecule has 0 bridgehead atoms. The molecule has 0 fully saturated rings. The second-order valence-electron chi connectivity index (χ2n) is 4.64. The van der Waals surface area contributed by atoms with Crippen LogP contribution in [-0.4, -0.2) is 38.8 Å². The molecule has 0 aliphatic heterocycles. The minimum Gasteiger partial charge on any atom is -0.493 e. The average molecular weight is 280 g/mol. The molecule has 0 atom stereocenters. The molecule has 0 spiro atoms. The molecule has 5 heteroatoms. The van der Waals surface area contributed by atoms with Crippen molar-refractivity contribution < 1.29 is 14.3 Å². The van der Waals surface area contributed by atoms with Gasteiger partial charge in [-0.15, -0.1) is 0 Å². The lowest BCUT2D eigenvalue weighted by Gasteiger charge is -2.14. The highest BCUT2D eigenvalue weighted by molar-refractivity contribution is 5.94. The van der Waals surface area contributed by atoms with Gasteiger partial charge in [-0.2, -0.15) is 0 Å². The molecule has 20 heavy (non-hydrogen) atoms. The Morgan fingerprint density at radius 3 is 2.60 bits per heavy atom. The number of benzene rings is 1. The maximum atomic E-state index is 12.0. The third kappa shape index (κ3) is 5.09. The van der Waals surface area contributed by atoms with Crippen LogP contribution in [-0.2, 0) is 0 Å². The van der Waals surface area contributed by atoms with Crippen LogP contribution >= 0.6 is 0 Å². The van der Waals surface area contributed by atoms with Crippen LogP contribution in [0.2, 0.25) is 0 Å². The van der Waals surface area contributed by atoms with Gasteiger partial charge in [-0.05, 0) is 38.6 Å². The molecule has 2 N–H and O–H groups in total. The van der Waals surface area contributed by atoms with E-state index in [1.54, 1.807) is 25.3 Å². The fraction of sp³-hybridized carbons (Fsp3) is 0.533. The molecule has 0 saturated carbocycles. The van der Waals surface area contributed by atoms with Gasteiger partial charge in [0.2, 0.25) is 0 Å². The van der Waals surface area contributed by atoms with Gasteiger partial charge in [0.05, 0.1) is 13.2 Å². The number of ether oxygens (including phenoxy) is 2. The van der Waals surface area contributed by atoms with Crippen molar-refractivity contribution in [2.45, 2.75) is 26.9 Å². The Bertz CT molecular complexity index is 433. The van der Waals surface area contributed by atoms with Crippen molar-refractivity contribution in [3.05, 3.63) is 23.8 Å². The topological polar surface area (TPSA) is 59.6 Å². The Balaban J connectivity index is 2.69. The van der Waals surface area contributed by atoms with E-state index in [0.29, 0.717) is 23.6 Å². The number of carbonyl (C=O) groups excluding carboxylic acids is 1. The van der Waals surface area contributed by atoms with Crippen molar-refractivity contribution in [1.82, 2.24) is 10.6 Å². The quantitative estimate of drug-likeness (QED) is 0.713. The van der Waals surface area contributed by atoms with Crippen LogP contribution in [0.5, 0.6) is 11.5 Å². The first-order valence-corrected chi connectivity index (χ1v) is 6.92. The maximum Gasteiger partial charge on any atom is 0.251 e. The van der Waals surface area contributed by atoms with E-state index in [0.717, 1.165) is 13.1 Å². The Hall–Kier alpha value is -1.75. The molecule has 0 aliphatic rings. The normalized spacial score (nSPS) is 10.4. The van der Waals surface area contributed by atoms with E-state index < -0.39 is 0 Å². The van der Waals surface area contributed by atoms with Crippen LogP contribution in [0.4, 0.5) is 0 Å². The number of hydrogen-bond donors (Lipinski definition) is 2. The van der Waals surface area contributed by atoms with Crippen LogP contribution < -0.4 is 20.1 Å². The van der Waals surface area contributed by atoms with Gasteiger partial charge in [-0.25, -0.2) is 0 Å². The summed E-state index contributed by atoms with van der Waals surface area (Å²) in [6.07, 6.45) is 0.0590. The molecular formula is C15H24N2O3. The Kier molecular flexibility index (Phi) is 6.87. The number of rotatable bonds is 8. The third-order valence-corrected chi connectivity index (χ3v) is 2.63. The molecule has 0 unspecified atom stereocenters. The molecule has 112 valence electrons. The van der Waals surface area contributed by atoms with E-state index in [1.165, 1.54) is 0 Å². The molecule has 5 nitrogen and oxygen atoms in total. The molecule has 0 radical (unpaired) electrons. The van der Waals surface area contributed by atoms with Gasteiger partial charge in [0.25, 0.3) is 5.91 Å². The zero-order chi connectivity index (χ0) is 15.0. The van der Waals surface area contributed by atoms with Crippen LogP contribution in [0.15, 0.2) is 18.2 Å². The van der Waals surface area contributed by atoms with Crippen LogP contribution in [0.25, 0.3) is 0 Å². The second kappa shape index (κ2) is 8.43. The van der Waals surface area contributed by atoms with Gasteiger partial charge < -0.3 is 20.1 Å². The SMILES string of the molecule is CCNCCNC(=O)c1ccc(OC(C)C)c(OC)c1. The molecular weight excluding hydrogens is 256 g/mol. The number of nitrogens with one attached hydrogen (secondary N) is 2. The summed E-state index contributed by atoms with van der Waals surface area (Å²) in [6.45, 7) is 8.17. The van der Waals surface area contributed by atoms with Gasteiger partial charge in [0, 0.05) is 18.7 Å². The highest BCUT2D eigenvalue weighted by Crippen LogP contribution is 2.28. The van der Waals surface area contributed by atoms with Crippen molar-refractivity contribution in [3.63, 3.8) is 0 Å². The molecule has 0 heterocycles. The summed E-state index contributed by atoms with van der Waals surface area (Å²) in [5.41, 5.74) is 0.564. The Morgan fingerprint density at radius 1 is 1.25 bits per heavy atom. The monoisotopic (exact) mass is 280 g/mol. The Labute approximate surface area is 120 Å². The number of amides is 1. The summed E-state index contributed by atoms with van der Waals surface area (Å²) in [4.78, 5) is 12.0. The minimum absolute atomic E-state index is 0.0590. The molecule has 1 rings (SSSR count). The fourth-order valence-corrected chi connectivity index (χ4v) is 1.70. The summed E-state index contributed by atoms with van der Waals surface area (Å²) in [7, 11) is 1.56. The number of likely N-dealkylation sites (N-methyl/N-ethyl adjacent to an activating group) is 1. The zero-order valence-corrected chi connectivity index (χ0v) is 12.7. The van der Waals surface area contributed by atoms with Gasteiger partial charge in [-0.1, -0.05) is 6.92 Å². The molecule has 0 aromatic heterocycles. The van der Waals surface area contributed by atoms with Crippen LogP contribution in [0.1, 0.15) is 31.1 Å². The highest BCUT2D eigenvalue weighted by atomic mass is 16.5. The molecule has 1 amide bonds. The summed E-state index contributed by atoms with van der Waals surface area (Å²) in [6, 6.07) is 5.20. The smallest absolute Gasteiger partial charge is 0.251 e. The van der Waals surface area contributed by atoms with E-state index in [9.17, 15) is 4.79 Å². The van der Waals surface area contributed by atoms with Crippen molar-refractivity contribution in [2.75, 3.05) is 26.7 Å². The number of methoxy groups -OCH3 is 1. The highest BCUT2D eigenvalue weighted by Gasteiger charge is 2.11. The van der Waals surface area contributed by atoms with E-state index >= 15 is 0 Å². The summed E-state index contributed by atoms with van der Waals surface area (Å²) in [5.74, 6) is 1.10. The van der Waals surface area contributed by atoms with Crippen molar-refractivity contribution >= 4 is 5.91 Å². The lowest BCUT2D eigenvalue weighted by molar-refractivity contribution is 0.0953. The first kappa shape index (κ1) is 16.3. The predicted octanol–water partition coefficient (Wildman–Crippen LogP) is 1.82. The summed E-state index contributed by atoms with van der Waals surface area (Å²) < 4.78 is 10.9. The fourth-order valence-electron chi connectivity index (χ4n) is 1.70. The van der Waals surface area contributed by atoms with Gasteiger partial charge in [-0.3, -0.25) is 4.79 Å². The van der Waals surface area contributed by atoms with Crippen molar-refractivity contribution in [1.29, 1.82) is 0 Å². The third-order valence-electron chi connectivity index (χ3n) is 2.63. The van der Waals surface area contributed by atoms with Gasteiger partial charge in [0.1, 0.15) is 0 Å². The van der Waals surface area contributed by atoms with E-state index in [-0.39, 0.29) is 12.0 Å². The summed E-state index contributed by atoms with van der Waals surface area (Å²) >= 11 is 0. The molecule has 0 aliphatic carbocycles. The van der Waals surface area contributed by atoms with E-state index in [1.807, 2.05) is 20.8 Å². The standard InChI is InChI=1S/C15H24N2O3/c1-5-16-8-9-17-15(18)12-6-7-13(20-11(2)3)14(10-12)19-4/h6-7,10-11,16H,5,8-9H2,1-4H3,(H,17,18). The van der Waals surface area contributed by atoms with E-state index in [4.69, 9.17) is 9.47 Å². The molecule has 1 aromatic carbocycles. The summed E-state index contributed by atoms with van der Waals surface area (Å²) in [5, 5.41) is 6.00. The lowest BCUT2D eigenvalue weighted by Crippen LogP contribution is -2.31. The maximum absolute atomic E-state index is 12.0. The van der Waals surface area contributed by atoms with Crippen LogP contribution in [0.3, 0.4) is 0 Å². The first-order valence-electron chi connectivity index (χ1n) is 6.92. The number of hydrogen-bond acceptors (Lipinski definition) is 4. The van der Waals surface area contributed by atoms with Crippen LogP contribution in [0, 0.1) is 0 Å². The molecule has 0 saturated heterocycles. The largest absolute Gasteiger partial charge is 0.493 e. The van der Waals surface area contributed by atoms with Gasteiger partial charge >= 0.3 is 0 Å². The van der Waals surface area contributed by atoms with Crippen molar-refractivity contribution in [3.8, 4) is 11.5 Å². The number of carbonyl (C=O) groups is 1. The average Bonchev–Trinajstić information content (AvgIpc) is 2.43. The first-order chi connectivity index (χ1) is 9.58. The Morgan fingerprint density at radius 2 is 2.00 bits per heavy atom. The zero-order valence-electron chi connectivity index (χ0n) is 12.7. The van der Waals surface area contributed by atoms with Gasteiger partial charge in [0.15, 0.2) is 11.5 Å². The predicted molar refractivity (Wildman–Crippen MR) is 79.6 cm³/mol. The second-order valence-corrected chi connectivity index (χ2v) is 4.64. The van der Waals surface area contributed by atoms with E-state index in [2.05, 4.69) is 10.6 Å². The minimum atomic E-state index is -0.114. The van der Waals surface area contributed by atoms with Crippen molar-refractivity contribution in [2.24, 2.45) is 0 Å². The molecule has 1 aromatic rings. The lowest BCUT2D eigenvalue weighted by atomic mass is 10.2.